The van der Waals surface area contributed by atoms with E-state index in [1.807, 2.05) is 24.3 Å². The van der Waals surface area contributed by atoms with Crippen LogP contribution >= 0.6 is 0 Å². The minimum absolute atomic E-state index is 0.0606. The quantitative estimate of drug-likeness (QED) is 0.518. The zero-order valence-corrected chi connectivity index (χ0v) is 11.3. The molecule has 1 aliphatic carbocycles. The number of nitrogens with zero attached hydrogens (tertiary/aromatic N) is 1. The summed E-state index contributed by atoms with van der Waals surface area (Å²) in [5.41, 5.74) is 1.36. The van der Waals surface area contributed by atoms with Gasteiger partial charge in [0.2, 0.25) is 0 Å². The third kappa shape index (κ3) is 7.17. The molecule has 0 aromatic heterocycles. The monoisotopic (exact) mass is 254 g/mol. The zero-order valence-electron chi connectivity index (χ0n) is 11.3. The zero-order chi connectivity index (χ0) is 13.8. The Labute approximate surface area is 116 Å². The van der Waals surface area contributed by atoms with Gasteiger partial charge in [-0.05, 0) is 13.1 Å². The maximum atomic E-state index is 4.09. The van der Waals surface area contributed by atoms with Crippen molar-refractivity contribution in [2.45, 2.75) is 19.0 Å². The molecule has 0 aliphatic heterocycles. The Morgan fingerprint density at radius 3 is 2.95 bits per heavy atom. The van der Waals surface area contributed by atoms with E-state index in [0.717, 1.165) is 19.4 Å². The Balaban J connectivity index is 2.34. The summed E-state index contributed by atoms with van der Waals surface area (Å²) in [6, 6.07) is 0. The van der Waals surface area contributed by atoms with E-state index in [-0.39, 0.29) is 6.17 Å². The first-order valence-corrected chi connectivity index (χ1v) is 6.51. The first kappa shape index (κ1) is 15.1. The lowest BCUT2D eigenvalue weighted by Crippen LogP contribution is -2.28. The Kier molecular flexibility index (Phi) is 7.99. The van der Waals surface area contributed by atoms with Gasteiger partial charge in [-0.15, -0.1) is 0 Å². The Morgan fingerprint density at radius 2 is 2.16 bits per heavy atom. The normalized spacial score (nSPS) is 16.5. The number of hydrogen-bond donors (Lipinski definition) is 1. The van der Waals surface area contributed by atoms with Gasteiger partial charge in [-0.2, -0.15) is 0 Å². The second kappa shape index (κ2) is 10.0. The predicted octanol–water partition coefficient (Wildman–Crippen LogP) is 3.73. The highest BCUT2D eigenvalue weighted by atomic mass is 15.0. The summed E-state index contributed by atoms with van der Waals surface area (Å²) < 4.78 is 0. The molecule has 0 radical (unpaired) electrons. The Hall–Kier alpha value is -1.93. The fourth-order valence-electron chi connectivity index (χ4n) is 1.65. The summed E-state index contributed by atoms with van der Waals surface area (Å²) >= 11 is 0. The molecule has 1 rings (SSSR count). The van der Waals surface area contributed by atoms with Gasteiger partial charge in [-0.3, -0.25) is 10.3 Å². The largest absolute Gasteiger partial charge is 0.292 e. The first-order valence-electron chi connectivity index (χ1n) is 6.51. The summed E-state index contributed by atoms with van der Waals surface area (Å²) in [5, 5.41) is 3.40. The van der Waals surface area contributed by atoms with Crippen molar-refractivity contribution in [2.24, 2.45) is 4.99 Å². The SMILES string of the molecule is C=C/C=C\C=C/CC(N=C)NCC1=CC=CC=CC1. The van der Waals surface area contributed by atoms with Crippen molar-refractivity contribution in [1.29, 1.82) is 0 Å². The van der Waals surface area contributed by atoms with Crippen LogP contribution in [0.25, 0.3) is 0 Å². The van der Waals surface area contributed by atoms with Gasteiger partial charge < -0.3 is 0 Å². The molecule has 1 unspecified atom stereocenters. The van der Waals surface area contributed by atoms with Crippen molar-refractivity contribution in [2.75, 3.05) is 6.54 Å². The van der Waals surface area contributed by atoms with Crippen molar-refractivity contribution in [3.8, 4) is 0 Å². The minimum Gasteiger partial charge on any atom is -0.292 e. The van der Waals surface area contributed by atoms with Crippen LogP contribution in [0.3, 0.4) is 0 Å². The summed E-state index contributed by atoms with van der Waals surface area (Å²) in [7, 11) is 0. The van der Waals surface area contributed by atoms with Crippen LogP contribution in [-0.2, 0) is 0 Å². The molecule has 1 atom stereocenters. The fourth-order valence-corrected chi connectivity index (χ4v) is 1.65. The Morgan fingerprint density at radius 1 is 1.26 bits per heavy atom. The molecule has 0 saturated carbocycles. The Bertz CT molecular complexity index is 423. The maximum Gasteiger partial charge on any atom is 0.102 e. The van der Waals surface area contributed by atoms with Gasteiger partial charge in [0.15, 0.2) is 0 Å². The van der Waals surface area contributed by atoms with Gasteiger partial charge in [0.1, 0.15) is 6.17 Å². The third-order valence-corrected chi connectivity index (χ3v) is 2.71. The van der Waals surface area contributed by atoms with E-state index in [1.54, 1.807) is 6.08 Å². The van der Waals surface area contributed by atoms with Crippen molar-refractivity contribution in [3.05, 3.63) is 72.9 Å². The molecule has 1 N–H and O–H groups in total. The van der Waals surface area contributed by atoms with E-state index in [2.05, 4.69) is 54.0 Å². The van der Waals surface area contributed by atoms with E-state index in [9.17, 15) is 0 Å². The van der Waals surface area contributed by atoms with Crippen LogP contribution in [0.4, 0.5) is 0 Å². The number of hydrogen-bond acceptors (Lipinski definition) is 2. The van der Waals surface area contributed by atoms with E-state index >= 15 is 0 Å². The topological polar surface area (TPSA) is 24.4 Å². The van der Waals surface area contributed by atoms with E-state index in [0.29, 0.717) is 0 Å². The number of allylic oxidation sites excluding steroid dienone is 9. The van der Waals surface area contributed by atoms with Gasteiger partial charge >= 0.3 is 0 Å². The molecule has 0 saturated heterocycles. The van der Waals surface area contributed by atoms with Crippen LogP contribution in [0.15, 0.2) is 77.9 Å². The van der Waals surface area contributed by atoms with E-state index in [1.165, 1.54) is 5.57 Å². The lowest BCUT2D eigenvalue weighted by Gasteiger charge is -2.13. The number of nitrogens with one attached hydrogen (secondary N) is 1. The van der Waals surface area contributed by atoms with Crippen LogP contribution in [0, 0.1) is 0 Å². The smallest absolute Gasteiger partial charge is 0.102 e. The standard InChI is InChI=1S/C17H22N2/c1-3-4-5-6-11-14-17(18-2)19-15-16-12-9-7-8-10-13-16/h3-12,17,19H,1-2,13-15H2/b5-4-,11-6-. The van der Waals surface area contributed by atoms with Crippen LogP contribution < -0.4 is 5.32 Å². The molecule has 0 spiro atoms. The average Bonchev–Trinajstić information content (AvgIpc) is 2.70. The second-order valence-electron chi connectivity index (χ2n) is 4.21. The van der Waals surface area contributed by atoms with Gasteiger partial charge in [0.25, 0.3) is 0 Å². The van der Waals surface area contributed by atoms with Gasteiger partial charge in [-0.1, -0.05) is 72.9 Å². The summed E-state index contributed by atoms with van der Waals surface area (Å²) in [5.74, 6) is 0. The summed E-state index contributed by atoms with van der Waals surface area (Å²) in [4.78, 5) is 4.09. The molecule has 19 heavy (non-hydrogen) atoms. The van der Waals surface area contributed by atoms with E-state index < -0.39 is 0 Å². The molecule has 0 aromatic carbocycles. The van der Waals surface area contributed by atoms with Gasteiger partial charge in [0.05, 0.1) is 0 Å². The number of aliphatic imine (C=N–C) groups is 1. The van der Waals surface area contributed by atoms with Crippen molar-refractivity contribution in [3.63, 3.8) is 0 Å². The van der Waals surface area contributed by atoms with Gasteiger partial charge in [0, 0.05) is 13.0 Å². The molecular formula is C17H22N2. The minimum atomic E-state index is 0.0606. The highest BCUT2D eigenvalue weighted by Gasteiger charge is 2.03. The second-order valence-corrected chi connectivity index (χ2v) is 4.21. The average molecular weight is 254 g/mol. The molecular weight excluding hydrogens is 232 g/mol. The summed E-state index contributed by atoms with van der Waals surface area (Å²) in [6.45, 7) is 8.09. The highest BCUT2D eigenvalue weighted by molar-refractivity contribution is 5.26. The molecule has 0 bridgehead atoms. The predicted molar refractivity (Wildman–Crippen MR) is 85.4 cm³/mol. The van der Waals surface area contributed by atoms with Crippen LogP contribution in [-0.4, -0.2) is 19.4 Å². The van der Waals surface area contributed by atoms with E-state index in [4.69, 9.17) is 0 Å². The van der Waals surface area contributed by atoms with Gasteiger partial charge in [-0.25, -0.2) is 0 Å². The molecule has 0 aromatic rings. The lowest BCUT2D eigenvalue weighted by atomic mass is 10.1. The summed E-state index contributed by atoms with van der Waals surface area (Å²) in [6.07, 6.45) is 22.1. The molecule has 100 valence electrons. The maximum absolute atomic E-state index is 4.09. The number of rotatable bonds is 8. The fraction of sp³-hybridized carbons (Fsp3) is 0.235. The lowest BCUT2D eigenvalue weighted by molar-refractivity contribution is 0.561. The molecule has 0 fully saturated rings. The molecule has 2 nitrogen and oxygen atoms in total. The van der Waals surface area contributed by atoms with Crippen LogP contribution in [0.5, 0.6) is 0 Å². The molecule has 2 heteroatoms. The van der Waals surface area contributed by atoms with Crippen molar-refractivity contribution < 1.29 is 0 Å². The van der Waals surface area contributed by atoms with Crippen LogP contribution in [0.1, 0.15) is 12.8 Å². The van der Waals surface area contributed by atoms with Crippen LogP contribution in [0.2, 0.25) is 0 Å². The molecule has 0 amide bonds. The highest BCUT2D eigenvalue weighted by Crippen LogP contribution is 2.06. The molecule has 0 heterocycles. The van der Waals surface area contributed by atoms with Crippen molar-refractivity contribution in [1.82, 2.24) is 5.32 Å². The third-order valence-electron chi connectivity index (χ3n) is 2.71. The molecule has 1 aliphatic rings. The first-order chi connectivity index (χ1) is 9.36. The van der Waals surface area contributed by atoms with Crippen molar-refractivity contribution >= 4 is 6.72 Å².